The van der Waals surface area contributed by atoms with Crippen LogP contribution in [0.2, 0.25) is 0 Å². The van der Waals surface area contributed by atoms with Crippen molar-refractivity contribution in [2.75, 3.05) is 40.9 Å². The number of quaternary nitrogens is 1. The number of carbonyl (C=O) groups excluding carboxylic acids is 1. The van der Waals surface area contributed by atoms with Crippen molar-refractivity contribution >= 4 is 13.7 Å². The van der Waals surface area contributed by atoms with E-state index in [9.17, 15) is 19.4 Å². The van der Waals surface area contributed by atoms with Crippen LogP contribution in [0.4, 0.5) is 0 Å². The Labute approximate surface area is 367 Å². The van der Waals surface area contributed by atoms with Gasteiger partial charge in [0.15, 0.2) is 0 Å². The van der Waals surface area contributed by atoms with Gasteiger partial charge in [-0.25, -0.2) is 0 Å². The molecular weight excluding hydrogens is 756 g/mol. The van der Waals surface area contributed by atoms with Crippen molar-refractivity contribution in [1.29, 1.82) is 0 Å². The summed E-state index contributed by atoms with van der Waals surface area (Å²) in [6, 6.07) is -0.793. The first-order valence-corrected chi connectivity index (χ1v) is 27.0. The van der Waals surface area contributed by atoms with E-state index in [1.165, 1.54) is 186 Å². The summed E-state index contributed by atoms with van der Waals surface area (Å²) in [5, 5.41) is 13.8. The second kappa shape index (κ2) is 42.5. The average Bonchev–Trinajstić information content (AvgIpc) is 3.19. The molecule has 0 bridgehead atoms. The van der Waals surface area contributed by atoms with Crippen LogP contribution in [-0.2, 0) is 18.4 Å². The molecule has 0 aromatic carbocycles. The molecule has 0 aromatic heterocycles. The van der Waals surface area contributed by atoms with Gasteiger partial charge in [-0.1, -0.05) is 219 Å². The number of unbranched alkanes of at least 4 members (excludes halogenated alkanes) is 32. The molecule has 0 fully saturated rings. The molecule has 0 heterocycles. The van der Waals surface area contributed by atoms with Gasteiger partial charge in [0.05, 0.1) is 39.9 Å². The lowest BCUT2D eigenvalue weighted by atomic mass is 10.0. The number of hydrogen-bond donors (Lipinski definition) is 2. The zero-order chi connectivity index (χ0) is 43.6. The van der Waals surface area contributed by atoms with Crippen LogP contribution in [0.5, 0.6) is 0 Å². The molecule has 352 valence electrons. The highest BCUT2D eigenvalue weighted by atomic mass is 31.2. The van der Waals surface area contributed by atoms with Crippen LogP contribution in [0.3, 0.4) is 0 Å². The quantitative estimate of drug-likeness (QED) is 0.0273. The molecule has 0 radical (unpaired) electrons. The zero-order valence-corrected chi connectivity index (χ0v) is 40.9. The Kier molecular flexibility index (Phi) is 42.0. The van der Waals surface area contributed by atoms with Gasteiger partial charge in [0.1, 0.15) is 13.2 Å². The number of phosphoric ester groups is 1. The summed E-state index contributed by atoms with van der Waals surface area (Å²) in [4.78, 5) is 25.3. The number of carbonyl (C=O) groups is 1. The first-order valence-electron chi connectivity index (χ1n) is 25.5. The first-order chi connectivity index (χ1) is 28.5. The van der Waals surface area contributed by atoms with E-state index in [4.69, 9.17) is 9.05 Å². The number of rotatable bonds is 47. The summed E-state index contributed by atoms with van der Waals surface area (Å²) >= 11 is 0. The molecule has 0 rings (SSSR count). The Morgan fingerprint density at radius 2 is 0.932 bits per heavy atom. The molecule has 0 saturated heterocycles. The minimum atomic E-state index is -4.55. The van der Waals surface area contributed by atoms with Crippen LogP contribution in [0, 0.1) is 0 Å². The minimum Gasteiger partial charge on any atom is -0.756 e. The van der Waals surface area contributed by atoms with Gasteiger partial charge in [0.25, 0.3) is 7.82 Å². The Morgan fingerprint density at radius 3 is 1.32 bits per heavy atom. The van der Waals surface area contributed by atoms with Crippen molar-refractivity contribution in [1.82, 2.24) is 5.32 Å². The lowest BCUT2D eigenvalue weighted by Crippen LogP contribution is -2.46. The average molecular weight is 857 g/mol. The van der Waals surface area contributed by atoms with Gasteiger partial charge in [0.2, 0.25) is 5.91 Å². The normalized spacial score (nSPS) is 14.2. The molecular formula is C50H101N2O6P. The smallest absolute Gasteiger partial charge is 0.268 e. The lowest BCUT2D eigenvalue weighted by Gasteiger charge is -2.30. The predicted molar refractivity (Wildman–Crippen MR) is 252 cm³/mol. The monoisotopic (exact) mass is 857 g/mol. The number of hydrogen-bond acceptors (Lipinski definition) is 6. The maximum absolute atomic E-state index is 12.9. The molecule has 9 heteroatoms. The predicted octanol–water partition coefficient (Wildman–Crippen LogP) is 14.1. The van der Waals surface area contributed by atoms with Gasteiger partial charge in [-0.05, 0) is 38.5 Å². The largest absolute Gasteiger partial charge is 0.756 e. The molecule has 0 aromatic rings. The molecule has 0 aliphatic heterocycles. The summed E-state index contributed by atoms with van der Waals surface area (Å²) in [5.74, 6) is -0.164. The van der Waals surface area contributed by atoms with Crippen molar-refractivity contribution in [3.05, 3.63) is 12.2 Å². The van der Waals surface area contributed by atoms with Crippen LogP contribution >= 0.6 is 7.82 Å². The third kappa shape index (κ3) is 45.1. The maximum Gasteiger partial charge on any atom is 0.268 e. The number of nitrogens with zero attached hydrogens (tertiary/aromatic N) is 1. The zero-order valence-electron chi connectivity index (χ0n) is 40.0. The number of nitrogens with one attached hydrogen (secondary N) is 1. The van der Waals surface area contributed by atoms with Gasteiger partial charge in [0, 0.05) is 6.42 Å². The SMILES string of the molecule is CCCCCCCCCC/C=C\CCCCCCCCCCCCCCCCCCCC(=O)NC(COP(=O)([O-])OCC[N+](C)(C)C)C(O)CCCCCCCCCC. The molecule has 2 N–H and O–H groups in total. The highest BCUT2D eigenvalue weighted by Gasteiger charge is 2.24. The van der Waals surface area contributed by atoms with Gasteiger partial charge >= 0.3 is 0 Å². The van der Waals surface area contributed by atoms with Crippen LogP contribution in [0.1, 0.15) is 251 Å². The fraction of sp³-hybridized carbons (Fsp3) is 0.940. The highest BCUT2D eigenvalue weighted by molar-refractivity contribution is 7.45. The van der Waals surface area contributed by atoms with Crippen molar-refractivity contribution in [2.45, 2.75) is 264 Å². The molecule has 0 aliphatic carbocycles. The number of phosphoric acid groups is 1. The standard InChI is InChI=1S/C50H101N2O6P/c1-6-8-10-12-14-16-17-18-19-20-21-22-23-24-25-26-27-28-29-30-31-32-33-34-35-36-38-40-42-44-50(54)51-48(47-58-59(55,56)57-46-45-52(3,4)5)49(53)43-41-39-37-15-13-11-9-7-2/h20-21,48-49,53H,6-19,22-47H2,1-5H3,(H-,51,54,55,56)/b21-20-. The molecule has 8 nitrogen and oxygen atoms in total. The van der Waals surface area contributed by atoms with Crippen LogP contribution in [0.25, 0.3) is 0 Å². The minimum absolute atomic E-state index is 0.0144. The second-order valence-corrected chi connectivity index (χ2v) is 20.3. The van der Waals surface area contributed by atoms with Crippen LogP contribution < -0.4 is 10.2 Å². The Balaban J connectivity index is 3.93. The molecule has 3 unspecified atom stereocenters. The van der Waals surface area contributed by atoms with E-state index in [-0.39, 0.29) is 19.1 Å². The van der Waals surface area contributed by atoms with E-state index in [2.05, 4.69) is 31.3 Å². The molecule has 59 heavy (non-hydrogen) atoms. The summed E-state index contributed by atoms with van der Waals surface area (Å²) in [6.07, 6.45) is 49.7. The maximum atomic E-state index is 12.9. The third-order valence-electron chi connectivity index (χ3n) is 11.8. The van der Waals surface area contributed by atoms with Crippen molar-refractivity contribution in [3.63, 3.8) is 0 Å². The van der Waals surface area contributed by atoms with Crippen LogP contribution in [0.15, 0.2) is 12.2 Å². The van der Waals surface area contributed by atoms with E-state index < -0.39 is 20.0 Å². The lowest BCUT2D eigenvalue weighted by molar-refractivity contribution is -0.870. The topological polar surface area (TPSA) is 108 Å². The van der Waals surface area contributed by atoms with Crippen molar-refractivity contribution in [3.8, 4) is 0 Å². The molecule has 0 aliphatic rings. The van der Waals surface area contributed by atoms with E-state index in [0.29, 0.717) is 23.9 Å². The Bertz CT molecular complexity index is 974. The highest BCUT2D eigenvalue weighted by Crippen LogP contribution is 2.38. The Hall–Kier alpha value is -0.760. The second-order valence-electron chi connectivity index (χ2n) is 18.9. The van der Waals surface area contributed by atoms with E-state index in [1.54, 1.807) is 0 Å². The number of allylic oxidation sites excluding steroid dienone is 2. The van der Waals surface area contributed by atoms with E-state index >= 15 is 0 Å². The number of likely N-dealkylation sites (N-methyl/N-ethyl adjacent to an activating group) is 1. The van der Waals surface area contributed by atoms with E-state index in [0.717, 1.165) is 38.5 Å². The molecule has 3 atom stereocenters. The van der Waals surface area contributed by atoms with Gasteiger partial charge in [-0.3, -0.25) is 9.36 Å². The number of amides is 1. The van der Waals surface area contributed by atoms with Crippen molar-refractivity contribution < 1.29 is 32.9 Å². The number of aliphatic hydroxyl groups excluding tert-OH is 1. The van der Waals surface area contributed by atoms with Crippen molar-refractivity contribution in [2.24, 2.45) is 0 Å². The van der Waals surface area contributed by atoms with Gasteiger partial charge in [-0.2, -0.15) is 0 Å². The third-order valence-corrected chi connectivity index (χ3v) is 12.7. The summed E-state index contributed by atoms with van der Waals surface area (Å²) < 4.78 is 23.2. The molecule has 0 spiro atoms. The van der Waals surface area contributed by atoms with Crippen LogP contribution in [-0.4, -0.2) is 68.5 Å². The fourth-order valence-corrected chi connectivity index (χ4v) is 8.41. The molecule has 0 saturated carbocycles. The number of aliphatic hydroxyl groups is 1. The fourth-order valence-electron chi connectivity index (χ4n) is 7.68. The summed E-state index contributed by atoms with van der Waals surface area (Å²) in [7, 11) is 1.31. The van der Waals surface area contributed by atoms with Gasteiger partial charge < -0.3 is 28.8 Å². The van der Waals surface area contributed by atoms with E-state index in [1.807, 2.05) is 21.1 Å². The Morgan fingerprint density at radius 1 is 0.576 bits per heavy atom. The summed E-state index contributed by atoms with van der Waals surface area (Å²) in [6.45, 7) is 4.70. The first kappa shape index (κ1) is 58.2. The summed E-state index contributed by atoms with van der Waals surface area (Å²) in [5.41, 5.74) is 0. The molecule has 1 amide bonds. The van der Waals surface area contributed by atoms with Gasteiger partial charge in [-0.15, -0.1) is 0 Å².